The van der Waals surface area contributed by atoms with Gasteiger partial charge in [-0.05, 0) is 30.2 Å². The second-order valence-corrected chi connectivity index (χ2v) is 6.64. The lowest BCUT2D eigenvalue weighted by Crippen LogP contribution is -2.32. The fourth-order valence-electron chi connectivity index (χ4n) is 3.45. The summed E-state index contributed by atoms with van der Waals surface area (Å²) in [6.07, 6.45) is -1.26. The summed E-state index contributed by atoms with van der Waals surface area (Å²) in [4.78, 5) is 39.7. The van der Waals surface area contributed by atoms with Gasteiger partial charge in [-0.15, -0.1) is 0 Å². The molecule has 4 rings (SSSR count). The number of pyridine rings is 1. The van der Waals surface area contributed by atoms with Gasteiger partial charge in [0.05, 0.1) is 23.2 Å². The van der Waals surface area contributed by atoms with Gasteiger partial charge in [0.1, 0.15) is 0 Å². The molecule has 2 atom stereocenters. The van der Waals surface area contributed by atoms with Crippen molar-refractivity contribution in [2.24, 2.45) is 5.92 Å². The molecule has 29 heavy (non-hydrogen) atoms. The van der Waals surface area contributed by atoms with E-state index >= 15 is 0 Å². The van der Waals surface area contributed by atoms with Crippen molar-refractivity contribution in [2.75, 3.05) is 17.3 Å². The van der Waals surface area contributed by atoms with Crippen LogP contribution in [0, 0.1) is 5.92 Å². The molecule has 1 fully saturated rings. The summed E-state index contributed by atoms with van der Waals surface area (Å²) in [5, 5.41) is 9.97. The molecule has 2 N–H and O–H groups in total. The first-order valence-electron chi connectivity index (χ1n) is 8.47. The SMILES string of the molecule is CN1C(=O)C2(CC2C(=O)Nc2cccnc2)c2ccccc21.O=C(O)C(F)(F)F. The van der Waals surface area contributed by atoms with Gasteiger partial charge >= 0.3 is 12.1 Å². The van der Waals surface area contributed by atoms with Gasteiger partial charge in [0.2, 0.25) is 11.8 Å². The van der Waals surface area contributed by atoms with Gasteiger partial charge < -0.3 is 15.3 Å². The summed E-state index contributed by atoms with van der Waals surface area (Å²) < 4.78 is 31.7. The van der Waals surface area contributed by atoms with Gasteiger partial charge in [-0.3, -0.25) is 14.6 Å². The number of carbonyl (C=O) groups is 3. The second kappa shape index (κ2) is 7.19. The number of aromatic nitrogens is 1. The fourth-order valence-corrected chi connectivity index (χ4v) is 3.45. The van der Waals surface area contributed by atoms with Crippen LogP contribution in [0.4, 0.5) is 24.5 Å². The minimum absolute atomic E-state index is 0.0139. The number of carbonyl (C=O) groups excluding carboxylic acids is 2. The van der Waals surface area contributed by atoms with Crippen molar-refractivity contribution in [3.05, 3.63) is 54.4 Å². The number of anilines is 2. The number of nitrogens with one attached hydrogen (secondary N) is 1. The molecule has 10 heteroatoms. The molecule has 2 unspecified atom stereocenters. The average molecular weight is 407 g/mol. The van der Waals surface area contributed by atoms with Crippen molar-refractivity contribution in [1.29, 1.82) is 0 Å². The number of para-hydroxylation sites is 1. The first-order valence-corrected chi connectivity index (χ1v) is 8.47. The van der Waals surface area contributed by atoms with Crippen molar-refractivity contribution in [2.45, 2.75) is 18.0 Å². The smallest absolute Gasteiger partial charge is 0.475 e. The molecular formula is C19H16F3N3O4. The van der Waals surface area contributed by atoms with Crippen LogP contribution in [0.25, 0.3) is 0 Å². The monoisotopic (exact) mass is 407 g/mol. The number of likely N-dealkylation sites (N-methyl/N-ethyl adjacent to an activating group) is 1. The lowest BCUT2D eigenvalue weighted by atomic mass is 9.94. The summed E-state index contributed by atoms with van der Waals surface area (Å²) in [6, 6.07) is 11.3. The molecule has 2 amide bonds. The minimum atomic E-state index is -5.08. The summed E-state index contributed by atoms with van der Waals surface area (Å²) in [5.74, 6) is -3.18. The topological polar surface area (TPSA) is 99.6 Å². The van der Waals surface area contributed by atoms with Crippen LogP contribution in [0.1, 0.15) is 12.0 Å². The summed E-state index contributed by atoms with van der Waals surface area (Å²) in [7, 11) is 1.77. The van der Waals surface area contributed by atoms with E-state index in [9.17, 15) is 22.8 Å². The number of carboxylic acid groups (broad SMARTS) is 1. The Morgan fingerprint density at radius 1 is 1.24 bits per heavy atom. The standard InChI is InChI=1S/C17H15N3O2.C2HF3O2/c1-20-14-7-3-2-6-12(14)17(16(20)22)9-13(17)15(21)19-11-5-4-8-18-10-11;3-2(4,5)1(6)7/h2-8,10,13H,9H2,1H3,(H,19,21);(H,6,7). The summed E-state index contributed by atoms with van der Waals surface area (Å²) in [6.45, 7) is 0. The maximum absolute atomic E-state index is 12.6. The molecule has 2 heterocycles. The van der Waals surface area contributed by atoms with Gasteiger partial charge in [-0.25, -0.2) is 4.79 Å². The van der Waals surface area contributed by atoms with Crippen molar-refractivity contribution in [3.63, 3.8) is 0 Å². The van der Waals surface area contributed by atoms with Crippen LogP contribution in [0.15, 0.2) is 48.8 Å². The molecule has 152 valence electrons. The molecule has 1 spiro atoms. The number of hydrogen-bond acceptors (Lipinski definition) is 4. The number of aliphatic carboxylic acids is 1. The molecule has 0 saturated heterocycles. The highest BCUT2D eigenvalue weighted by atomic mass is 19.4. The Kier molecular flexibility index (Phi) is 5.04. The van der Waals surface area contributed by atoms with E-state index in [0.717, 1.165) is 11.3 Å². The van der Waals surface area contributed by atoms with Gasteiger partial charge in [0.25, 0.3) is 0 Å². The molecule has 1 aliphatic carbocycles. The highest BCUT2D eigenvalue weighted by Crippen LogP contribution is 2.61. The van der Waals surface area contributed by atoms with E-state index in [-0.39, 0.29) is 17.7 Å². The maximum atomic E-state index is 12.6. The van der Waals surface area contributed by atoms with Crippen LogP contribution in [-0.4, -0.2) is 41.1 Å². The number of benzene rings is 1. The van der Waals surface area contributed by atoms with E-state index in [2.05, 4.69) is 10.3 Å². The second-order valence-electron chi connectivity index (χ2n) is 6.64. The van der Waals surface area contributed by atoms with E-state index in [0.29, 0.717) is 12.1 Å². The van der Waals surface area contributed by atoms with Gasteiger partial charge in [-0.1, -0.05) is 18.2 Å². The Bertz CT molecular complexity index is 965. The summed E-state index contributed by atoms with van der Waals surface area (Å²) >= 11 is 0. The van der Waals surface area contributed by atoms with Gasteiger partial charge in [0.15, 0.2) is 0 Å². The third-order valence-electron chi connectivity index (χ3n) is 4.88. The Balaban J connectivity index is 0.000000298. The van der Waals surface area contributed by atoms with Crippen molar-refractivity contribution >= 4 is 29.2 Å². The predicted octanol–water partition coefficient (Wildman–Crippen LogP) is 2.59. The third-order valence-corrected chi connectivity index (χ3v) is 4.88. The normalized spacial score (nSPS) is 21.9. The van der Waals surface area contributed by atoms with Gasteiger partial charge in [0, 0.05) is 18.9 Å². The largest absolute Gasteiger partial charge is 0.490 e. The number of nitrogens with zero attached hydrogens (tertiary/aromatic N) is 2. The first kappa shape index (κ1) is 20.3. The molecule has 1 aromatic heterocycles. The number of alkyl halides is 3. The number of halogens is 3. The molecule has 1 aliphatic heterocycles. The van der Waals surface area contributed by atoms with E-state index in [1.54, 1.807) is 36.5 Å². The quantitative estimate of drug-likeness (QED) is 0.797. The number of amides is 2. The number of rotatable bonds is 2. The van der Waals surface area contributed by atoms with Crippen LogP contribution >= 0.6 is 0 Å². The van der Waals surface area contributed by atoms with Crippen molar-refractivity contribution < 1.29 is 32.7 Å². The lowest BCUT2D eigenvalue weighted by Gasteiger charge is -2.11. The zero-order valence-corrected chi connectivity index (χ0v) is 15.1. The zero-order chi connectivity index (χ0) is 21.4. The molecule has 0 bridgehead atoms. The van der Waals surface area contributed by atoms with Crippen LogP contribution in [0.3, 0.4) is 0 Å². The Morgan fingerprint density at radius 2 is 1.90 bits per heavy atom. The molecule has 0 radical (unpaired) electrons. The van der Waals surface area contributed by atoms with Crippen LogP contribution in [0.5, 0.6) is 0 Å². The maximum Gasteiger partial charge on any atom is 0.490 e. The van der Waals surface area contributed by atoms with Crippen LogP contribution < -0.4 is 10.2 Å². The van der Waals surface area contributed by atoms with Gasteiger partial charge in [-0.2, -0.15) is 13.2 Å². The Hall–Kier alpha value is -3.43. The molecule has 2 aliphatic rings. The molecule has 1 saturated carbocycles. The minimum Gasteiger partial charge on any atom is -0.475 e. The van der Waals surface area contributed by atoms with E-state index in [1.165, 1.54) is 0 Å². The average Bonchev–Trinajstić information content (AvgIpc) is 3.40. The van der Waals surface area contributed by atoms with Crippen molar-refractivity contribution in [3.8, 4) is 0 Å². The predicted molar refractivity (Wildman–Crippen MR) is 96.2 cm³/mol. The fraction of sp³-hybridized carbons (Fsp3) is 0.263. The Morgan fingerprint density at radius 3 is 2.48 bits per heavy atom. The number of hydrogen-bond donors (Lipinski definition) is 2. The van der Waals surface area contributed by atoms with Crippen LogP contribution in [-0.2, 0) is 19.8 Å². The molecule has 2 aromatic rings. The van der Waals surface area contributed by atoms with Crippen molar-refractivity contribution in [1.82, 2.24) is 4.98 Å². The first-order chi connectivity index (χ1) is 13.6. The lowest BCUT2D eigenvalue weighted by molar-refractivity contribution is -0.192. The van der Waals surface area contributed by atoms with Crippen LogP contribution in [0.2, 0.25) is 0 Å². The highest BCUT2D eigenvalue weighted by molar-refractivity contribution is 6.15. The van der Waals surface area contributed by atoms with E-state index < -0.39 is 17.6 Å². The van der Waals surface area contributed by atoms with E-state index in [1.807, 2.05) is 24.3 Å². The highest BCUT2D eigenvalue weighted by Gasteiger charge is 2.69. The molecule has 7 nitrogen and oxygen atoms in total. The molecular weight excluding hydrogens is 391 g/mol. The summed E-state index contributed by atoms with van der Waals surface area (Å²) in [5.41, 5.74) is 1.86. The number of fused-ring (bicyclic) bond motifs is 2. The zero-order valence-electron chi connectivity index (χ0n) is 15.1. The van der Waals surface area contributed by atoms with E-state index in [4.69, 9.17) is 9.90 Å². The third kappa shape index (κ3) is 3.65. The Labute approximate surface area is 163 Å². The molecule has 1 aromatic carbocycles. The number of carboxylic acids is 1.